The van der Waals surface area contributed by atoms with Gasteiger partial charge in [-0.25, -0.2) is 8.42 Å². The monoisotopic (exact) mass is 500 g/mol. The molecule has 0 spiro atoms. The summed E-state index contributed by atoms with van der Waals surface area (Å²) in [4.78, 5) is 12.4. The molecule has 6 nitrogen and oxygen atoms in total. The average molecular weight is 502 g/mol. The Kier molecular flexibility index (Phi) is 7.54. The van der Waals surface area contributed by atoms with Crippen LogP contribution in [0.15, 0.2) is 54.6 Å². The van der Waals surface area contributed by atoms with Crippen molar-refractivity contribution in [1.82, 2.24) is 5.32 Å². The minimum atomic E-state index is -3.81. The molecule has 0 bridgehead atoms. The van der Waals surface area contributed by atoms with Crippen LogP contribution in [0.5, 0.6) is 5.75 Å². The van der Waals surface area contributed by atoms with E-state index in [4.69, 9.17) is 39.5 Å². The Morgan fingerprint density at radius 3 is 2.42 bits per heavy atom. The topological polar surface area (TPSA) is 75.7 Å². The van der Waals surface area contributed by atoms with E-state index in [1.54, 1.807) is 0 Å². The number of nitrogens with one attached hydrogen (secondary N) is 1. The van der Waals surface area contributed by atoms with Gasteiger partial charge < -0.3 is 10.1 Å². The van der Waals surface area contributed by atoms with E-state index < -0.39 is 22.5 Å². The molecule has 0 radical (unpaired) electrons. The van der Waals surface area contributed by atoms with Gasteiger partial charge in [0.1, 0.15) is 18.9 Å². The maximum atomic E-state index is 12.4. The molecule has 0 aliphatic heterocycles. The van der Waals surface area contributed by atoms with Crippen molar-refractivity contribution < 1.29 is 17.9 Å². The fourth-order valence-corrected chi connectivity index (χ4v) is 4.50. The number of hydrogen-bond acceptors (Lipinski definition) is 4. The van der Waals surface area contributed by atoms with Gasteiger partial charge >= 0.3 is 0 Å². The van der Waals surface area contributed by atoms with E-state index in [2.05, 4.69) is 5.32 Å². The number of carbonyl (C=O) groups is 1. The molecule has 0 heterocycles. The van der Waals surface area contributed by atoms with Crippen LogP contribution in [0.1, 0.15) is 0 Å². The Balaban J connectivity index is 1.62. The van der Waals surface area contributed by atoms with Crippen LogP contribution in [0.3, 0.4) is 0 Å². The van der Waals surface area contributed by atoms with Crippen LogP contribution >= 0.6 is 34.8 Å². The summed E-state index contributed by atoms with van der Waals surface area (Å²) in [7, 11) is -3.81. The Labute approximate surface area is 195 Å². The number of anilines is 1. The number of fused-ring (bicyclic) bond motifs is 1. The number of benzene rings is 3. The fraction of sp³-hybridized carbons (Fsp3) is 0.190. The highest BCUT2D eigenvalue weighted by molar-refractivity contribution is 7.92. The number of halogens is 3. The van der Waals surface area contributed by atoms with E-state index in [1.807, 2.05) is 42.5 Å². The summed E-state index contributed by atoms with van der Waals surface area (Å²) in [6.07, 6.45) is 0.975. The number of carbonyl (C=O) groups excluding carboxylic acids is 1. The lowest BCUT2D eigenvalue weighted by molar-refractivity contribution is -0.119. The molecule has 3 rings (SSSR count). The van der Waals surface area contributed by atoms with Crippen LogP contribution in [-0.4, -0.2) is 40.3 Å². The molecule has 0 aromatic heterocycles. The first-order valence-electron chi connectivity index (χ1n) is 9.16. The summed E-state index contributed by atoms with van der Waals surface area (Å²) in [6.45, 7) is -0.0638. The molecular formula is C21H19Cl3N2O4S. The first kappa shape index (κ1) is 23.5. The van der Waals surface area contributed by atoms with Gasteiger partial charge in [0.2, 0.25) is 15.9 Å². The first-order valence-corrected chi connectivity index (χ1v) is 12.1. The van der Waals surface area contributed by atoms with Crippen molar-refractivity contribution in [2.75, 3.05) is 30.3 Å². The normalized spacial score (nSPS) is 11.4. The summed E-state index contributed by atoms with van der Waals surface area (Å²) in [6, 6.07) is 16.2. The Morgan fingerprint density at radius 2 is 1.68 bits per heavy atom. The van der Waals surface area contributed by atoms with Gasteiger partial charge in [-0.15, -0.1) is 0 Å². The van der Waals surface area contributed by atoms with Crippen molar-refractivity contribution in [2.45, 2.75) is 0 Å². The van der Waals surface area contributed by atoms with Crippen LogP contribution in [0.4, 0.5) is 5.69 Å². The van der Waals surface area contributed by atoms with E-state index in [-0.39, 0.29) is 33.9 Å². The van der Waals surface area contributed by atoms with Crippen molar-refractivity contribution in [2.24, 2.45) is 0 Å². The first-order chi connectivity index (χ1) is 14.7. The van der Waals surface area contributed by atoms with Crippen LogP contribution in [-0.2, 0) is 14.8 Å². The zero-order chi connectivity index (χ0) is 22.6. The maximum absolute atomic E-state index is 12.4. The highest BCUT2D eigenvalue weighted by Crippen LogP contribution is 2.35. The van der Waals surface area contributed by atoms with Crippen molar-refractivity contribution in [3.8, 4) is 5.75 Å². The lowest BCUT2D eigenvalue weighted by Gasteiger charge is -2.23. The zero-order valence-electron chi connectivity index (χ0n) is 16.4. The van der Waals surface area contributed by atoms with Crippen LogP contribution in [0, 0.1) is 0 Å². The number of ether oxygens (including phenoxy) is 1. The van der Waals surface area contributed by atoms with Gasteiger partial charge in [0, 0.05) is 5.39 Å². The summed E-state index contributed by atoms with van der Waals surface area (Å²) in [5, 5.41) is 5.03. The lowest BCUT2D eigenvalue weighted by atomic mass is 10.1. The summed E-state index contributed by atoms with van der Waals surface area (Å²) >= 11 is 18.0. The summed E-state index contributed by atoms with van der Waals surface area (Å²) in [5.74, 6) is 0.182. The second kappa shape index (κ2) is 9.96. The SMILES string of the molecule is CS(=O)(=O)N(CC(=O)NCCOc1cccc2ccccc12)c1cc(Cl)c(Cl)cc1Cl. The highest BCUT2D eigenvalue weighted by Gasteiger charge is 2.24. The minimum absolute atomic E-state index is 0.0620. The quantitative estimate of drug-likeness (QED) is 0.357. The van der Waals surface area contributed by atoms with E-state index >= 15 is 0 Å². The molecular weight excluding hydrogens is 483 g/mol. The van der Waals surface area contributed by atoms with Gasteiger partial charge in [-0.1, -0.05) is 71.2 Å². The number of sulfonamides is 1. The molecule has 10 heteroatoms. The lowest BCUT2D eigenvalue weighted by Crippen LogP contribution is -2.41. The van der Waals surface area contributed by atoms with E-state index in [1.165, 1.54) is 12.1 Å². The average Bonchev–Trinajstić information content (AvgIpc) is 2.71. The van der Waals surface area contributed by atoms with Crippen molar-refractivity contribution in [3.05, 3.63) is 69.7 Å². The molecule has 0 fully saturated rings. The van der Waals surface area contributed by atoms with Crippen LogP contribution < -0.4 is 14.4 Å². The predicted molar refractivity (Wildman–Crippen MR) is 126 cm³/mol. The third kappa shape index (κ3) is 5.95. The van der Waals surface area contributed by atoms with Crippen molar-refractivity contribution >= 4 is 67.2 Å². The molecule has 0 aliphatic carbocycles. The Hall–Kier alpha value is -2.19. The van der Waals surface area contributed by atoms with Gasteiger partial charge in [0.25, 0.3) is 0 Å². The molecule has 0 unspecified atom stereocenters. The van der Waals surface area contributed by atoms with Gasteiger partial charge in [-0.3, -0.25) is 9.10 Å². The molecule has 0 saturated carbocycles. The summed E-state index contributed by atoms with van der Waals surface area (Å²) in [5.41, 5.74) is 0.0701. The molecule has 0 aliphatic rings. The van der Waals surface area contributed by atoms with E-state index in [0.717, 1.165) is 21.3 Å². The zero-order valence-corrected chi connectivity index (χ0v) is 19.5. The molecule has 0 atom stereocenters. The minimum Gasteiger partial charge on any atom is -0.491 e. The summed E-state index contributed by atoms with van der Waals surface area (Å²) < 4.78 is 31.1. The Bertz CT molecular complexity index is 1210. The molecule has 1 amide bonds. The maximum Gasteiger partial charge on any atom is 0.240 e. The molecule has 0 saturated heterocycles. The molecule has 164 valence electrons. The largest absolute Gasteiger partial charge is 0.491 e. The number of hydrogen-bond donors (Lipinski definition) is 1. The fourth-order valence-electron chi connectivity index (χ4n) is 2.94. The van der Waals surface area contributed by atoms with E-state index in [9.17, 15) is 13.2 Å². The predicted octanol–water partition coefficient (Wildman–Crippen LogP) is 4.76. The molecule has 31 heavy (non-hydrogen) atoms. The number of rotatable bonds is 8. The molecule has 3 aromatic carbocycles. The van der Waals surface area contributed by atoms with Crippen molar-refractivity contribution in [1.29, 1.82) is 0 Å². The van der Waals surface area contributed by atoms with Gasteiger partial charge in [0.15, 0.2) is 0 Å². The van der Waals surface area contributed by atoms with Crippen molar-refractivity contribution in [3.63, 3.8) is 0 Å². The standard InChI is InChI=1S/C21H19Cl3N2O4S/c1-31(28,29)26(19-12-17(23)16(22)11-18(19)24)13-21(27)25-9-10-30-20-8-4-6-14-5-2-3-7-15(14)20/h2-8,11-12H,9-10,13H2,1H3,(H,25,27). The van der Waals surface area contributed by atoms with Gasteiger partial charge in [-0.05, 0) is 23.6 Å². The van der Waals surface area contributed by atoms with Gasteiger partial charge in [0.05, 0.1) is 33.6 Å². The third-order valence-electron chi connectivity index (χ3n) is 4.38. The number of nitrogens with zero attached hydrogens (tertiary/aromatic N) is 1. The second-order valence-corrected chi connectivity index (χ2v) is 9.79. The number of amides is 1. The highest BCUT2D eigenvalue weighted by atomic mass is 35.5. The Morgan fingerprint density at radius 1 is 1.00 bits per heavy atom. The van der Waals surface area contributed by atoms with Crippen LogP contribution in [0.2, 0.25) is 15.1 Å². The van der Waals surface area contributed by atoms with Crippen LogP contribution in [0.25, 0.3) is 10.8 Å². The van der Waals surface area contributed by atoms with E-state index in [0.29, 0.717) is 5.75 Å². The second-order valence-electron chi connectivity index (χ2n) is 6.66. The molecule has 1 N–H and O–H groups in total. The van der Waals surface area contributed by atoms with Gasteiger partial charge in [-0.2, -0.15) is 0 Å². The smallest absolute Gasteiger partial charge is 0.240 e. The molecule has 3 aromatic rings. The third-order valence-corrected chi connectivity index (χ3v) is 6.53.